The molecule has 0 aromatic carbocycles. The van der Waals surface area contributed by atoms with Crippen molar-refractivity contribution in [2.24, 2.45) is 0 Å². The maximum atomic E-state index is 11.6. The van der Waals surface area contributed by atoms with Gasteiger partial charge in [0.15, 0.2) is 0 Å². The smallest absolute Gasteiger partial charge is 0.252 e. The molecule has 0 aliphatic rings. The first kappa shape index (κ1) is 13.5. The van der Waals surface area contributed by atoms with Crippen LogP contribution in [0.1, 0.15) is 10.4 Å². The Balaban J connectivity index is 1.85. The van der Waals surface area contributed by atoms with Crippen LogP contribution in [-0.2, 0) is 6.54 Å². The Morgan fingerprint density at radius 3 is 2.95 bits per heavy atom. The molecule has 0 spiro atoms. The highest BCUT2D eigenvalue weighted by Crippen LogP contribution is 2.05. The highest BCUT2D eigenvalue weighted by Gasteiger charge is 2.10. The number of hydrogen-bond acceptors (Lipinski definition) is 4. The van der Waals surface area contributed by atoms with Crippen LogP contribution in [0, 0.1) is 0 Å². The highest BCUT2D eigenvalue weighted by molar-refractivity contribution is 7.08. The molecule has 0 saturated heterocycles. The fourth-order valence-electron chi connectivity index (χ4n) is 1.61. The first-order chi connectivity index (χ1) is 9.16. The molecular formula is C13H14N2O3S. The monoisotopic (exact) mass is 278 g/mol. The Morgan fingerprint density at radius 1 is 1.42 bits per heavy atom. The molecule has 0 fully saturated rings. The summed E-state index contributed by atoms with van der Waals surface area (Å²) in [6.45, 7) is 0.263. The van der Waals surface area contributed by atoms with Gasteiger partial charge in [0.05, 0.1) is 12.6 Å². The number of nitrogens with zero attached hydrogens (tertiary/aromatic N) is 1. The van der Waals surface area contributed by atoms with E-state index in [1.807, 2.05) is 5.38 Å². The topological polar surface area (TPSA) is 71.3 Å². The van der Waals surface area contributed by atoms with Gasteiger partial charge < -0.3 is 15.0 Å². The zero-order valence-electron chi connectivity index (χ0n) is 10.2. The lowest BCUT2D eigenvalue weighted by atomic mass is 10.3. The summed E-state index contributed by atoms with van der Waals surface area (Å²) < 4.78 is 1.40. The summed E-state index contributed by atoms with van der Waals surface area (Å²) in [5, 5.41) is 16.0. The van der Waals surface area contributed by atoms with Gasteiger partial charge in [-0.1, -0.05) is 6.07 Å². The van der Waals surface area contributed by atoms with Gasteiger partial charge in [-0.15, -0.1) is 0 Å². The number of amides is 1. The van der Waals surface area contributed by atoms with Crippen LogP contribution in [0.4, 0.5) is 0 Å². The molecule has 0 radical (unpaired) electrons. The van der Waals surface area contributed by atoms with Crippen LogP contribution in [0.2, 0.25) is 0 Å². The van der Waals surface area contributed by atoms with Crippen molar-refractivity contribution in [3.63, 3.8) is 0 Å². The standard InChI is InChI=1S/C13H14N2O3S/c16-11(8-15-5-2-1-3-12(15)17)7-14-13(18)10-4-6-19-9-10/h1-6,9,11,16H,7-8H2,(H,14,18)/t11-/m0/s1. The maximum Gasteiger partial charge on any atom is 0.252 e. The molecule has 1 atom stereocenters. The van der Waals surface area contributed by atoms with Crippen molar-refractivity contribution in [2.75, 3.05) is 6.54 Å². The van der Waals surface area contributed by atoms with E-state index in [4.69, 9.17) is 0 Å². The number of nitrogens with one attached hydrogen (secondary N) is 1. The Kier molecular flexibility index (Phi) is 4.48. The van der Waals surface area contributed by atoms with Crippen LogP contribution >= 0.6 is 11.3 Å². The number of hydrogen-bond donors (Lipinski definition) is 2. The zero-order valence-corrected chi connectivity index (χ0v) is 11.0. The summed E-state index contributed by atoms with van der Waals surface area (Å²) in [4.78, 5) is 23.1. The summed E-state index contributed by atoms with van der Waals surface area (Å²) >= 11 is 1.44. The number of aliphatic hydroxyl groups is 1. The third kappa shape index (κ3) is 3.77. The molecule has 2 heterocycles. The van der Waals surface area contributed by atoms with Crippen molar-refractivity contribution in [1.29, 1.82) is 0 Å². The molecule has 2 aromatic rings. The van der Waals surface area contributed by atoms with E-state index in [1.165, 1.54) is 22.0 Å². The lowest BCUT2D eigenvalue weighted by Crippen LogP contribution is -2.36. The lowest BCUT2D eigenvalue weighted by Gasteiger charge is -2.13. The molecule has 2 N–H and O–H groups in total. The van der Waals surface area contributed by atoms with E-state index in [1.54, 1.807) is 29.8 Å². The van der Waals surface area contributed by atoms with Crippen LogP contribution in [0.3, 0.4) is 0 Å². The fraction of sp³-hybridized carbons (Fsp3) is 0.231. The summed E-state index contributed by atoms with van der Waals surface area (Å²) in [6, 6.07) is 6.51. The van der Waals surface area contributed by atoms with Crippen molar-refractivity contribution in [3.8, 4) is 0 Å². The van der Waals surface area contributed by atoms with E-state index < -0.39 is 6.10 Å². The third-order valence-electron chi connectivity index (χ3n) is 2.59. The molecular weight excluding hydrogens is 264 g/mol. The van der Waals surface area contributed by atoms with Crippen molar-refractivity contribution in [2.45, 2.75) is 12.6 Å². The first-order valence-electron chi connectivity index (χ1n) is 5.81. The second-order valence-electron chi connectivity index (χ2n) is 4.07. The SMILES string of the molecule is O=C(NC[C@H](O)Cn1ccccc1=O)c1ccsc1. The molecule has 6 heteroatoms. The minimum absolute atomic E-state index is 0.107. The van der Waals surface area contributed by atoms with Gasteiger partial charge in [0.25, 0.3) is 11.5 Å². The first-order valence-corrected chi connectivity index (χ1v) is 6.75. The number of aromatic nitrogens is 1. The van der Waals surface area contributed by atoms with E-state index in [0.29, 0.717) is 5.56 Å². The molecule has 2 rings (SSSR count). The molecule has 0 bridgehead atoms. The molecule has 1 amide bonds. The molecule has 0 saturated carbocycles. The Hall–Kier alpha value is -1.92. The van der Waals surface area contributed by atoms with Crippen LogP contribution in [0.5, 0.6) is 0 Å². The van der Waals surface area contributed by atoms with E-state index >= 15 is 0 Å². The molecule has 2 aromatic heterocycles. The van der Waals surface area contributed by atoms with Crippen molar-refractivity contribution < 1.29 is 9.90 Å². The second-order valence-corrected chi connectivity index (χ2v) is 4.85. The Morgan fingerprint density at radius 2 is 2.26 bits per heavy atom. The summed E-state index contributed by atoms with van der Waals surface area (Å²) in [5.74, 6) is -0.222. The highest BCUT2D eigenvalue weighted by atomic mass is 32.1. The molecule has 0 aliphatic carbocycles. The number of carbonyl (C=O) groups is 1. The Bertz CT molecular complexity index is 592. The van der Waals surface area contributed by atoms with Gasteiger partial charge in [0.2, 0.25) is 0 Å². The van der Waals surface area contributed by atoms with Crippen LogP contribution in [0.25, 0.3) is 0 Å². The lowest BCUT2D eigenvalue weighted by molar-refractivity contribution is 0.0903. The number of pyridine rings is 1. The van der Waals surface area contributed by atoms with E-state index in [2.05, 4.69) is 5.32 Å². The fourth-order valence-corrected chi connectivity index (χ4v) is 2.25. The Labute approximate surface area is 114 Å². The van der Waals surface area contributed by atoms with Gasteiger partial charge in [-0.05, 0) is 17.5 Å². The normalized spacial score (nSPS) is 12.1. The van der Waals surface area contributed by atoms with E-state index in [-0.39, 0.29) is 24.6 Å². The summed E-state index contributed by atoms with van der Waals surface area (Å²) in [7, 11) is 0. The van der Waals surface area contributed by atoms with Gasteiger partial charge in [-0.3, -0.25) is 9.59 Å². The van der Waals surface area contributed by atoms with Crippen molar-refractivity contribution >= 4 is 17.2 Å². The minimum Gasteiger partial charge on any atom is -0.389 e. The number of rotatable bonds is 5. The van der Waals surface area contributed by atoms with Gasteiger partial charge in [-0.2, -0.15) is 11.3 Å². The van der Waals surface area contributed by atoms with Gasteiger partial charge in [-0.25, -0.2) is 0 Å². The summed E-state index contributed by atoms with van der Waals surface area (Å²) in [6.07, 6.45) is 0.800. The number of thiophene rings is 1. The molecule has 100 valence electrons. The van der Waals surface area contributed by atoms with Gasteiger partial charge in [0.1, 0.15) is 0 Å². The van der Waals surface area contributed by atoms with Crippen molar-refractivity contribution in [3.05, 3.63) is 57.1 Å². The largest absolute Gasteiger partial charge is 0.389 e. The van der Waals surface area contributed by atoms with Crippen LogP contribution in [-0.4, -0.2) is 28.2 Å². The third-order valence-corrected chi connectivity index (χ3v) is 3.27. The molecule has 0 unspecified atom stereocenters. The average molecular weight is 278 g/mol. The van der Waals surface area contributed by atoms with Crippen molar-refractivity contribution in [1.82, 2.24) is 9.88 Å². The maximum absolute atomic E-state index is 11.6. The predicted octanol–water partition coefficient (Wildman–Crippen LogP) is 0.701. The van der Waals surface area contributed by atoms with Gasteiger partial charge in [0, 0.05) is 29.8 Å². The van der Waals surface area contributed by atoms with E-state index in [9.17, 15) is 14.7 Å². The number of carbonyl (C=O) groups excluding carboxylic acids is 1. The van der Waals surface area contributed by atoms with E-state index in [0.717, 1.165) is 0 Å². The summed E-state index contributed by atoms with van der Waals surface area (Å²) in [5.41, 5.74) is 0.403. The molecule has 5 nitrogen and oxygen atoms in total. The zero-order chi connectivity index (χ0) is 13.7. The number of aliphatic hydroxyl groups excluding tert-OH is 1. The molecule has 19 heavy (non-hydrogen) atoms. The molecule has 0 aliphatic heterocycles. The van der Waals surface area contributed by atoms with Crippen LogP contribution in [0.15, 0.2) is 46.0 Å². The second kappa shape index (κ2) is 6.31. The minimum atomic E-state index is -0.803. The predicted molar refractivity (Wildman–Crippen MR) is 73.4 cm³/mol. The quantitative estimate of drug-likeness (QED) is 0.845. The van der Waals surface area contributed by atoms with Gasteiger partial charge >= 0.3 is 0 Å². The van der Waals surface area contributed by atoms with Crippen LogP contribution < -0.4 is 10.9 Å². The average Bonchev–Trinajstić information content (AvgIpc) is 2.93.